The highest BCUT2D eigenvalue weighted by molar-refractivity contribution is 5.94. The van der Waals surface area contributed by atoms with E-state index >= 15 is 0 Å². The summed E-state index contributed by atoms with van der Waals surface area (Å²) in [4.78, 5) is 21.9. The average Bonchev–Trinajstić information content (AvgIpc) is 2.75. The smallest absolute Gasteiger partial charge is 0.251 e. The summed E-state index contributed by atoms with van der Waals surface area (Å²) in [6.07, 6.45) is 6.78. The number of anilines is 1. The highest BCUT2D eigenvalue weighted by Gasteiger charge is 2.39. The highest BCUT2D eigenvalue weighted by atomic mass is 16.1. The van der Waals surface area contributed by atoms with Crippen molar-refractivity contribution in [2.24, 2.45) is 5.41 Å². The fourth-order valence-corrected chi connectivity index (χ4v) is 5.02. The maximum Gasteiger partial charge on any atom is 0.251 e. The minimum absolute atomic E-state index is 0.0189. The van der Waals surface area contributed by atoms with Crippen molar-refractivity contribution in [2.45, 2.75) is 39.2 Å². The van der Waals surface area contributed by atoms with Gasteiger partial charge in [-0.15, -0.1) is 0 Å². The lowest BCUT2D eigenvalue weighted by Crippen LogP contribution is -2.52. The zero-order chi connectivity index (χ0) is 20.1. The third-order valence-corrected chi connectivity index (χ3v) is 6.32. The molecule has 1 aromatic carbocycles. The number of nitrogens with zero attached hydrogens (tertiary/aromatic N) is 3. The van der Waals surface area contributed by atoms with Crippen molar-refractivity contribution in [3.63, 3.8) is 0 Å². The molecule has 0 unspecified atom stereocenters. The second-order valence-electron chi connectivity index (χ2n) is 8.59. The standard InChI is InChI=1S/C24H32N4O/c1-2-25-23(29)21-10-13-26-22(16-21)28-15-7-12-24(19-28)11-6-14-27(18-24)17-20-8-4-3-5-9-20/h3-5,8-10,13,16H,2,6-7,11-12,14-15,17-19H2,1H3,(H,25,29)/t24-/m1/s1. The van der Waals surface area contributed by atoms with Gasteiger partial charge in [-0.1, -0.05) is 30.3 Å². The van der Waals surface area contributed by atoms with E-state index in [0.29, 0.717) is 17.5 Å². The molecular weight excluding hydrogens is 360 g/mol. The molecule has 0 bridgehead atoms. The molecule has 2 aromatic rings. The van der Waals surface area contributed by atoms with E-state index in [2.05, 4.69) is 50.4 Å². The number of carbonyl (C=O) groups excluding carboxylic acids is 1. The molecule has 0 aliphatic carbocycles. The van der Waals surface area contributed by atoms with Gasteiger partial charge in [-0.3, -0.25) is 9.69 Å². The van der Waals surface area contributed by atoms with Gasteiger partial charge in [-0.25, -0.2) is 4.98 Å². The van der Waals surface area contributed by atoms with E-state index < -0.39 is 0 Å². The van der Waals surface area contributed by atoms with Crippen LogP contribution in [0, 0.1) is 5.41 Å². The van der Waals surface area contributed by atoms with Gasteiger partial charge < -0.3 is 10.2 Å². The molecule has 5 nitrogen and oxygen atoms in total. The van der Waals surface area contributed by atoms with Crippen LogP contribution in [0.1, 0.15) is 48.5 Å². The van der Waals surface area contributed by atoms with Crippen LogP contribution in [0.3, 0.4) is 0 Å². The van der Waals surface area contributed by atoms with Crippen LogP contribution in [0.4, 0.5) is 5.82 Å². The molecule has 1 spiro atoms. The Balaban J connectivity index is 1.46. The van der Waals surface area contributed by atoms with Gasteiger partial charge in [0.05, 0.1) is 0 Å². The molecule has 2 aliphatic heterocycles. The molecule has 5 heteroatoms. The van der Waals surface area contributed by atoms with Crippen LogP contribution >= 0.6 is 0 Å². The number of amides is 1. The van der Waals surface area contributed by atoms with Crippen molar-refractivity contribution in [2.75, 3.05) is 37.6 Å². The summed E-state index contributed by atoms with van der Waals surface area (Å²) < 4.78 is 0. The Hall–Kier alpha value is -2.40. The fourth-order valence-electron chi connectivity index (χ4n) is 5.02. The number of hydrogen-bond acceptors (Lipinski definition) is 4. The van der Waals surface area contributed by atoms with Crippen molar-refractivity contribution in [3.8, 4) is 0 Å². The number of likely N-dealkylation sites (tertiary alicyclic amines) is 1. The van der Waals surface area contributed by atoms with E-state index in [1.54, 1.807) is 12.3 Å². The second-order valence-corrected chi connectivity index (χ2v) is 8.59. The molecule has 4 rings (SSSR count). The molecule has 2 fully saturated rings. The molecule has 2 saturated heterocycles. The number of pyridine rings is 1. The van der Waals surface area contributed by atoms with Crippen molar-refractivity contribution < 1.29 is 4.79 Å². The van der Waals surface area contributed by atoms with Crippen LogP contribution in [0.5, 0.6) is 0 Å². The van der Waals surface area contributed by atoms with Gasteiger partial charge >= 0.3 is 0 Å². The van der Waals surface area contributed by atoms with Gasteiger partial charge in [-0.05, 0) is 56.8 Å². The van der Waals surface area contributed by atoms with Crippen LogP contribution in [0.25, 0.3) is 0 Å². The van der Waals surface area contributed by atoms with E-state index in [1.165, 1.54) is 37.8 Å². The maximum absolute atomic E-state index is 12.2. The molecule has 29 heavy (non-hydrogen) atoms. The van der Waals surface area contributed by atoms with Crippen molar-refractivity contribution >= 4 is 11.7 Å². The van der Waals surface area contributed by atoms with Crippen LogP contribution in [-0.4, -0.2) is 48.5 Å². The van der Waals surface area contributed by atoms with Gasteiger partial charge in [0.2, 0.25) is 0 Å². The van der Waals surface area contributed by atoms with Crippen molar-refractivity contribution in [1.29, 1.82) is 0 Å². The van der Waals surface area contributed by atoms with Gasteiger partial charge in [0.15, 0.2) is 0 Å². The first-order chi connectivity index (χ1) is 14.2. The van der Waals surface area contributed by atoms with Crippen LogP contribution in [-0.2, 0) is 6.54 Å². The van der Waals surface area contributed by atoms with Gasteiger partial charge in [0, 0.05) is 49.9 Å². The first kappa shape index (κ1) is 19.9. The Labute approximate surface area is 174 Å². The molecule has 0 radical (unpaired) electrons. The van der Waals surface area contributed by atoms with E-state index in [9.17, 15) is 4.79 Å². The highest BCUT2D eigenvalue weighted by Crippen LogP contribution is 2.40. The van der Waals surface area contributed by atoms with Crippen molar-refractivity contribution in [1.82, 2.24) is 15.2 Å². The summed E-state index contributed by atoms with van der Waals surface area (Å²) >= 11 is 0. The lowest BCUT2D eigenvalue weighted by molar-refractivity contribution is 0.0683. The quantitative estimate of drug-likeness (QED) is 0.843. The van der Waals surface area contributed by atoms with E-state index in [4.69, 9.17) is 0 Å². The minimum Gasteiger partial charge on any atom is -0.356 e. The molecule has 1 N–H and O–H groups in total. The Morgan fingerprint density at radius 3 is 2.69 bits per heavy atom. The molecule has 2 aliphatic rings. The lowest BCUT2D eigenvalue weighted by atomic mass is 9.73. The first-order valence-electron chi connectivity index (χ1n) is 10.9. The number of piperidine rings is 2. The Kier molecular flexibility index (Phi) is 6.14. The first-order valence-corrected chi connectivity index (χ1v) is 10.9. The fraction of sp³-hybridized carbons (Fsp3) is 0.500. The summed E-state index contributed by atoms with van der Waals surface area (Å²) in [6, 6.07) is 14.6. The van der Waals surface area contributed by atoms with E-state index in [0.717, 1.165) is 32.0 Å². The largest absolute Gasteiger partial charge is 0.356 e. The number of benzene rings is 1. The molecule has 1 aromatic heterocycles. The second kappa shape index (κ2) is 8.95. The zero-order valence-corrected chi connectivity index (χ0v) is 17.4. The van der Waals surface area contributed by atoms with Gasteiger partial charge in [0.25, 0.3) is 5.91 Å². The number of rotatable bonds is 5. The summed E-state index contributed by atoms with van der Waals surface area (Å²) in [5.41, 5.74) is 2.42. The number of aromatic nitrogens is 1. The number of carbonyl (C=O) groups is 1. The van der Waals surface area contributed by atoms with Crippen molar-refractivity contribution in [3.05, 3.63) is 59.8 Å². The molecule has 1 atom stereocenters. The molecule has 3 heterocycles. The molecular formula is C24H32N4O. The third-order valence-electron chi connectivity index (χ3n) is 6.32. The molecule has 1 amide bonds. The molecule has 0 saturated carbocycles. The van der Waals surface area contributed by atoms with Crippen LogP contribution in [0.2, 0.25) is 0 Å². The lowest BCUT2D eigenvalue weighted by Gasteiger charge is -2.49. The van der Waals surface area contributed by atoms with Crippen LogP contribution < -0.4 is 10.2 Å². The summed E-state index contributed by atoms with van der Waals surface area (Å²) in [7, 11) is 0. The predicted molar refractivity (Wildman–Crippen MR) is 117 cm³/mol. The number of hydrogen-bond donors (Lipinski definition) is 1. The topological polar surface area (TPSA) is 48.5 Å². The summed E-state index contributed by atoms with van der Waals surface area (Å²) in [5, 5.41) is 2.89. The summed E-state index contributed by atoms with van der Waals surface area (Å²) in [6.45, 7) is 8.00. The summed E-state index contributed by atoms with van der Waals surface area (Å²) in [5.74, 6) is 0.919. The SMILES string of the molecule is CCNC(=O)c1ccnc(N2CCC[C@@]3(CCCN(Cc4ccccc4)C3)C2)c1. The van der Waals surface area contributed by atoms with Crippen LogP contribution in [0.15, 0.2) is 48.7 Å². The predicted octanol–water partition coefficient (Wildman–Crippen LogP) is 3.71. The minimum atomic E-state index is -0.0189. The zero-order valence-electron chi connectivity index (χ0n) is 17.4. The third kappa shape index (κ3) is 4.78. The Morgan fingerprint density at radius 1 is 1.10 bits per heavy atom. The Morgan fingerprint density at radius 2 is 1.90 bits per heavy atom. The normalized spacial score (nSPS) is 22.6. The van der Waals surface area contributed by atoms with E-state index in [-0.39, 0.29) is 5.91 Å². The molecule has 154 valence electrons. The Bertz CT molecular complexity index is 821. The maximum atomic E-state index is 12.2. The average molecular weight is 393 g/mol. The monoisotopic (exact) mass is 392 g/mol. The van der Waals surface area contributed by atoms with Gasteiger partial charge in [-0.2, -0.15) is 0 Å². The number of nitrogens with one attached hydrogen (secondary N) is 1. The van der Waals surface area contributed by atoms with E-state index in [1.807, 2.05) is 13.0 Å². The van der Waals surface area contributed by atoms with Gasteiger partial charge in [0.1, 0.15) is 5.82 Å².